The van der Waals surface area contributed by atoms with Crippen molar-refractivity contribution in [2.75, 3.05) is 0 Å². The first-order valence-corrected chi connectivity index (χ1v) is 5.44. The van der Waals surface area contributed by atoms with E-state index in [-0.39, 0.29) is 5.82 Å². The Hall–Kier alpha value is -2.16. The number of benzene rings is 1. The Morgan fingerprint density at radius 1 is 1.12 bits per heavy atom. The quantitative estimate of drug-likeness (QED) is 0.621. The molecule has 3 rings (SSSR count). The van der Waals surface area contributed by atoms with Gasteiger partial charge in [-0.1, -0.05) is 18.2 Å². The number of aryl methyl sites for hydroxylation is 1. The number of pyridine rings is 1. The molecule has 0 unspecified atom stereocenters. The summed E-state index contributed by atoms with van der Waals surface area (Å²) in [5.74, 6) is -0.240. The maximum Gasteiger partial charge on any atom is 0.137 e. The summed E-state index contributed by atoms with van der Waals surface area (Å²) < 4.78 is 15.1. The molecule has 0 fully saturated rings. The van der Waals surface area contributed by atoms with Crippen molar-refractivity contribution in [2.45, 2.75) is 6.92 Å². The van der Waals surface area contributed by atoms with Gasteiger partial charge in [0.2, 0.25) is 0 Å². The molecular formula is C14H11FN2. The Balaban J connectivity index is 2.18. The normalized spacial score (nSPS) is 10.9. The largest absolute Gasteiger partial charge is 0.306 e. The second kappa shape index (κ2) is 3.70. The van der Waals surface area contributed by atoms with E-state index < -0.39 is 0 Å². The monoisotopic (exact) mass is 226 g/mol. The van der Waals surface area contributed by atoms with E-state index in [1.54, 1.807) is 6.07 Å². The molecule has 2 heterocycles. The highest BCUT2D eigenvalue weighted by molar-refractivity contribution is 5.62. The topological polar surface area (TPSA) is 17.3 Å². The minimum Gasteiger partial charge on any atom is -0.306 e. The molecule has 0 aliphatic heterocycles. The average molecular weight is 226 g/mol. The number of aromatic nitrogens is 2. The molecule has 0 radical (unpaired) electrons. The summed E-state index contributed by atoms with van der Waals surface area (Å²) in [6, 6.07) is 10.4. The molecule has 84 valence electrons. The molecule has 3 aromatic rings. The van der Waals surface area contributed by atoms with Gasteiger partial charge in [-0.15, -0.1) is 0 Å². The van der Waals surface area contributed by atoms with Crippen molar-refractivity contribution < 1.29 is 4.39 Å². The summed E-state index contributed by atoms with van der Waals surface area (Å²) in [6.07, 6.45) is 3.92. The zero-order valence-corrected chi connectivity index (χ0v) is 9.39. The summed E-state index contributed by atoms with van der Waals surface area (Å²) in [5.41, 5.74) is 3.62. The molecule has 0 amide bonds. The van der Waals surface area contributed by atoms with Crippen LogP contribution in [0.5, 0.6) is 0 Å². The van der Waals surface area contributed by atoms with E-state index in [0.29, 0.717) is 0 Å². The molecular weight excluding hydrogens is 215 g/mol. The van der Waals surface area contributed by atoms with Gasteiger partial charge in [-0.2, -0.15) is 0 Å². The first-order chi connectivity index (χ1) is 8.22. The minimum absolute atomic E-state index is 0.240. The third kappa shape index (κ3) is 1.80. The van der Waals surface area contributed by atoms with Crippen LogP contribution in [0.3, 0.4) is 0 Å². The standard InChI is InChI=1S/C14H11FN2/c1-10-5-6-14-16-13(9-17(14)8-10)11-3-2-4-12(15)7-11/h2-9H,1H3. The van der Waals surface area contributed by atoms with E-state index in [0.717, 1.165) is 16.9 Å². The van der Waals surface area contributed by atoms with Crippen molar-refractivity contribution in [1.82, 2.24) is 9.38 Å². The first-order valence-electron chi connectivity index (χ1n) is 5.44. The number of halogens is 1. The number of nitrogens with zero attached hydrogens (tertiary/aromatic N) is 2. The number of hydrogen-bond donors (Lipinski definition) is 0. The Morgan fingerprint density at radius 3 is 2.82 bits per heavy atom. The van der Waals surface area contributed by atoms with Crippen molar-refractivity contribution in [3.63, 3.8) is 0 Å². The van der Waals surface area contributed by atoms with E-state index in [9.17, 15) is 4.39 Å². The van der Waals surface area contributed by atoms with Crippen LogP contribution < -0.4 is 0 Å². The summed E-state index contributed by atoms with van der Waals surface area (Å²) >= 11 is 0. The third-order valence-electron chi connectivity index (χ3n) is 2.72. The maximum atomic E-state index is 13.1. The Kier molecular flexibility index (Phi) is 2.18. The van der Waals surface area contributed by atoms with Crippen molar-refractivity contribution in [1.29, 1.82) is 0 Å². The summed E-state index contributed by atoms with van der Waals surface area (Å²) in [5, 5.41) is 0. The van der Waals surface area contributed by atoms with E-state index >= 15 is 0 Å². The molecule has 0 bridgehead atoms. The van der Waals surface area contributed by atoms with Crippen molar-refractivity contribution >= 4 is 5.65 Å². The number of hydrogen-bond acceptors (Lipinski definition) is 1. The molecule has 1 aromatic carbocycles. The van der Waals surface area contributed by atoms with Gasteiger partial charge in [0.25, 0.3) is 0 Å². The number of rotatable bonds is 1. The van der Waals surface area contributed by atoms with Crippen LogP contribution in [0.4, 0.5) is 4.39 Å². The highest BCUT2D eigenvalue weighted by atomic mass is 19.1. The molecule has 0 spiro atoms. The SMILES string of the molecule is Cc1ccc2nc(-c3cccc(F)c3)cn2c1. The molecule has 0 saturated carbocycles. The van der Waals surface area contributed by atoms with Crippen LogP contribution in [-0.2, 0) is 0 Å². The fourth-order valence-electron chi connectivity index (χ4n) is 1.89. The van der Waals surface area contributed by atoms with Crippen LogP contribution in [0.1, 0.15) is 5.56 Å². The van der Waals surface area contributed by atoms with E-state index in [2.05, 4.69) is 4.98 Å². The van der Waals surface area contributed by atoms with Gasteiger partial charge < -0.3 is 4.40 Å². The van der Waals surface area contributed by atoms with Gasteiger partial charge in [0.05, 0.1) is 5.69 Å². The fraction of sp³-hybridized carbons (Fsp3) is 0.0714. The van der Waals surface area contributed by atoms with Crippen LogP contribution in [0, 0.1) is 12.7 Å². The van der Waals surface area contributed by atoms with E-state index in [1.165, 1.54) is 17.7 Å². The predicted octanol–water partition coefficient (Wildman–Crippen LogP) is 3.45. The summed E-state index contributed by atoms with van der Waals surface area (Å²) in [4.78, 5) is 4.46. The van der Waals surface area contributed by atoms with Gasteiger partial charge in [0.15, 0.2) is 0 Å². The van der Waals surface area contributed by atoms with E-state index in [4.69, 9.17) is 0 Å². The zero-order valence-electron chi connectivity index (χ0n) is 9.39. The predicted molar refractivity (Wildman–Crippen MR) is 65.3 cm³/mol. The second-order valence-electron chi connectivity index (χ2n) is 4.11. The molecule has 2 nitrogen and oxygen atoms in total. The van der Waals surface area contributed by atoms with Gasteiger partial charge in [-0.3, -0.25) is 0 Å². The van der Waals surface area contributed by atoms with Gasteiger partial charge in [-0.25, -0.2) is 9.37 Å². The lowest BCUT2D eigenvalue weighted by Crippen LogP contribution is -1.82. The van der Waals surface area contributed by atoms with Crippen LogP contribution in [0.2, 0.25) is 0 Å². The average Bonchev–Trinajstić information content (AvgIpc) is 2.72. The molecule has 2 aromatic heterocycles. The third-order valence-corrected chi connectivity index (χ3v) is 2.72. The Morgan fingerprint density at radius 2 is 2.00 bits per heavy atom. The van der Waals surface area contributed by atoms with E-state index in [1.807, 2.05) is 41.9 Å². The number of fused-ring (bicyclic) bond motifs is 1. The maximum absolute atomic E-state index is 13.1. The van der Waals surface area contributed by atoms with Crippen LogP contribution in [0.15, 0.2) is 48.8 Å². The van der Waals surface area contributed by atoms with Gasteiger partial charge >= 0.3 is 0 Å². The summed E-state index contributed by atoms with van der Waals surface area (Å²) in [7, 11) is 0. The highest BCUT2D eigenvalue weighted by Crippen LogP contribution is 2.20. The molecule has 3 heteroatoms. The van der Waals surface area contributed by atoms with Gasteiger partial charge in [0, 0.05) is 18.0 Å². The van der Waals surface area contributed by atoms with Crippen molar-refractivity contribution in [2.24, 2.45) is 0 Å². The lowest BCUT2D eigenvalue weighted by Gasteiger charge is -1.94. The molecule has 17 heavy (non-hydrogen) atoms. The Bertz CT molecular complexity index is 686. The zero-order chi connectivity index (χ0) is 11.8. The minimum atomic E-state index is -0.240. The lowest BCUT2D eigenvalue weighted by atomic mass is 10.2. The first kappa shape index (κ1) is 10.0. The molecule has 0 aliphatic rings. The summed E-state index contributed by atoms with van der Waals surface area (Å²) in [6.45, 7) is 2.03. The van der Waals surface area contributed by atoms with Gasteiger partial charge in [-0.05, 0) is 30.7 Å². The van der Waals surface area contributed by atoms with Gasteiger partial charge in [0.1, 0.15) is 11.5 Å². The van der Waals surface area contributed by atoms with Crippen LogP contribution >= 0.6 is 0 Å². The fourth-order valence-corrected chi connectivity index (χ4v) is 1.89. The van der Waals surface area contributed by atoms with Crippen LogP contribution in [-0.4, -0.2) is 9.38 Å². The smallest absolute Gasteiger partial charge is 0.137 e. The molecule has 0 saturated heterocycles. The Labute approximate surface area is 98.4 Å². The molecule has 0 aliphatic carbocycles. The number of imidazole rings is 1. The lowest BCUT2D eigenvalue weighted by molar-refractivity contribution is 0.628. The molecule has 0 N–H and O–H groups in total. The highest BCUT2D eigenvalue weighted by Gasteiger charge is 2.04. The van der Waals surface area contributed by atoms with Crippen LogP contribution in [0.25, 0.3) is 16.9 Å². The van der Waals surface area contributed by atoms with Crippen molar-refractivity contribution in [3.05, 3.63) is 60.2 Å². The second-order valence-corrected chi connectivity index (χ2v) is 4.11. The molecule has 0 atom stereocenters. The van der Waals surface area contributed by atoms with Crippen molar-refractivity contribution in [3.8, 4) is 11.3 Å².